The van der Waals surface area contributed by atoms with Crippen LogP contribution in [0.25, 0.3) is 0 Å². The fourth-order valence-corrected chi connectivity index (χ4v) is 2.58. The molecule has 0 aromatic heterocycles. The number of nitrogens with one attached hydrogen (secondary N) is 1. The maximum atomic E-state index is 11.5. The Balaban J connectivity index is 2.01. The van der Waals surface area contributed by atoms with E-state index >= 15 is 0 Å². The van der Waals surface area contributed by atoms with Crippen molar-refractivity contribution in [3.05, 3.63) is 0 Å². The molecular weight excluding hydrogens is 178 g/mol. The van der Waals surface area contributed by atoms with Crippen LogP contribution in [0.5, 0.6) is 0 Å². The maximum absolute atomic E-state index is 11.5. The van der Waals surface area contributed by atoms with E-state index in [1.165, 1.54) is 6.42 Å². The Kier molecular flexibility index (Phi) is 2.52. The van der Waals surface area contributed by atoms with Gasteiger partial charge in [0, 0.05) is 18.6 Å². The van der Waals surface area contributed by atoms with Crippen molar-refractivity contribution >= 4 is 5.91 Å². The summed E-state index contributed by atoms with van der Waals surface area (Å²) < 4.78 is 5.46. The molecule has 0 aromatic carbocycles. The van der Waals surface area contributed by atoms with Gasteiger partial charge in [-0.05, 0) is 26.2 Å². The normalized spacial score (nSPS) is 42.9. The highest BCUT2D eigenvalue weighted by Crippen LogP contribution is 2.40. The summed E-state index contributed by atoms with van der Waals surface area (Å²) in [5.41, 5.74) is -0.134. The van der Waals surface area contributed by atoms with Crippen LogP contribution >= 0.6 is 0 Å². The molecule has 0 spiro atoms. The van der Waals surface area contributed by atoms with Gasteiger partial charge in [0.05, 0.1) is 12.0 Å². The highest BCUT2D eigenvalue weighted by Gasteiger charge is 2.52. The topological polar surface area (TPSA) is 38.3 Å². The quantitative estimate of drug-likeness (QED) is 0.678. The van der Waals surface area contributed by atoms with E-state index in [4.69, 9.17) is 4.74 Å². The lowest BCUT2D eigenvalue weighted by atomic mass is 9.66. The molecule has 3 nitrogen and oxygen atoms in total. The highest BCUT2D eigenvalue weighted by molar-refractivity contribution is 5.89. The lowest BCUT2D eigenvalue weighted by Crippen LogP contribution is -2.69. The number of hydrogen-bond donors (Lipinski definition) is 1. The van der Waals surface area contributed by atoms with Gasteiger partial charge in [-0.2, -0.15) is 0 Å². The molecule has 2 fully saturated rings. The Hall–Kier alpha value is -0.570. The lowest BCUT2D eigenvalue weighted by Gasteiger charge is -2.50. The average molecular weight is 197 g/mol. The van der Waals surface area contributed by atoms with Crippen molar-refractivity contribution in [1.29, 1.82) is 0 Å². The SMILES string of the molecule is CCC1(C)C(=O)NC1C1CCCOC1. The maximum Gasteiger partial charge on any atom is 0.228 e. The first-order chi connectivity index (χ1) is 6.68. The van der Waals surface area contributed by atoms with Gasteiger partial charge >= 0.3 is 0 Å². The molecule has 2 aliphatic rings. The van der Waals surface area contributed by atoms with Crippen molar-refractivity contribution in [3.63, 3.8) is 0 Å². The van der Waals surface area contributed by atoms with E-state index in [0.29, 0.717) is 12.0 Å². The van der Waals surface area contributed by atoms with Crippen molar-refractivity contribution in [2.75, 3.05) is 13.2 Å². The third-order valence-corrected chi connectivity index (χ3v) is 3.89. The van der Waals surface area contributed by atoms with E-state index in [1.807, 2.05) is 0 Å². The largest absolute Gasteiger partial charge is 0.381 e. The molecule has 14 heavy (non-hydrogen) atoms. The second-order valence-corrected chi connectivity index (χ2v) is 4.70. The van der Waals surface area contributed by atoms with E-state index in [-0.39, 0.29) is 11.3 Å². The Morgan fingerprint density at radius 1 is 1.64 bits per heavy atom. The number of carbonyl (C=O) groups is 1. The second-order valence-electron chi connectivity index (χ2n) is 4.70. The molecule has 2 saturated heterocycles. The Labute approximate surface area is 85.2 Å². The van der Waals surface area contributed by atoms with Crippen molar-refractivity contribution in [3.8, 4) is 0 Å². The molecule has 0 bridgehead atoms. The van der Waals surface area contributed by atoms with Crippen molar-refractivity contribution in [2.24, 2.45) is 11.3 Å². The van der Waals surface area contributed by atoms with Crippen molar-refractivity contribution < 1.29 is 9.53 Å². The van der Waals surface area contributed by atoms with Crippen molar-refractivity contribution in [2.45, 2.75) is 39.2 Å². The smallest absolute Gasteiger partial charge is 0.228 e. The van der Waals surface area contributed by atoms with Crippen LogP contribution in [0.3, 0.4) is 0 Å². The van der Waals surface area contributed by atoms with Gasteiger partial charge in [-0.1, -0.05) is 6.92 Å². The molecule has 2 heterocycles. The number of β-lactam (4-membered cyclic amide) rings is 1. The molecular formula is C11H19NO2. The summed E-state index contributed by atoms with van der Waals surface area (Å²) in [6, 6.07) is 0.347. The highest BCUT2D eigenvalue weighted by atomic mass is 16.5. The van der Waals surface area contributed by atoms with Gasteiger partial charge in [-0.25, -0.2) is 0 Å². The third kappa shape index (κ3) is 1.34. The molecule has 2 rings (SSSR count). The summed E-state index contributed by atoms with van der Waals surface area (Å²) in [4.78, 5) is 11.5. The van der Waals surface area contributed by atoms with E-state index in [9.17, 15) is 4.79 Å². The predicted octanol–water partition coefficient (Wildman–Crippen LogP) is 1.33. The summed E-state index contributed by atoms with van der Waals surface area (Å²) >= 11 is 0. The molecule has 1 N–H and O–H groups in total. The minimum atomic E-state index is -0.134. The first-order valence-corrected chi connectivity index (χ1v) is 5.57. The zero-order valence-electron chi connectivity index (χ0n) is 9.01. The number of ether oxygens (including phenoxy) is 1. The van der Waals surface area contributed by atoms with Gasteiger partial charge < -0.3 is 10.1 Å². The Morgan fingerprint density at radius 3 is 2.93 bits per heavy atom. The van der Waals surface area contributed by atoms with Gasteiger partial charge in [-0.15, -0.1) is 0 Å². The number of carbonyl (C=O) groups excluding carboxylic acids is 1. The van der Waals surface area contributed by atoms with Gasteiger partial charge in [-0.3, -0.25) is 4.79 Å². The Bertz CT molecular complexity index is 235. The third-order valence-electron chi connectivity index (χ3n) is 3.89. The minimum Gasteiger partial charge on any atom is -0.381 e. The molecule has 3 unspecified atom stereocenters. The lowest BCUT2D eigenvalue weighted by molar-refractivity contribution is -0.150. The van der Waals surface area contributed by atoms with Crippen LogP contribution < -0.4 is 5.32 Å². The molecule has 1 amide bonds. The summed E-state index contributed by atoms with van der Waals surface area (Å²) in [6.07, 6.45) is 3.26. The van der Waals surface area contributed by atoms with Crippen LogP contribution in [-0.4, -0.2) is 25.2 Å². The number of amides is 1. The van der Waals surface area contributed by atoms with Crippen LogP contribution in [0.2, 0.25) is 0 Å². The molecule has 3 heteroatoms. The summed E-state index contributed by atoms with van der Waals surface area (Å²) in [7, 11) is 0. The van der Waals surface area contributed by atoms with Crippen LogP contribution in [0.15, 0.2) is 0 Å². The molecule has 80 valence electrons. The molecule has 3 atom stereocenters. The second kappa shape index (κ2) is 3.54. The van der Waals surface area contributed by atoms with E-state index < -0.39 is 0 Å². The van der Waals surface area contributed by atoms with Crippen LogP contribution in [0.4, 0.5) is 0 Å². The Morgan fingerprint density at radius 2 is 2.43 bits per heavy atom. The minimum absolute atomic E-state index is 0.134. The first-order valence-electron chi connectivity index (χ1n) is 5.57. The van der Waals surface area contributed by atoms with E-state index in [2.05, 4.69) is 19.2 Å². The zero-order chi connectivity index (χ0) is 10.2. The molecule has 0 aliphatic carbocycles. The molecule has 0 radical (unpaired) electrons. The fourth-order valence-electron chi connectivity index (χ4n) is 2.58. The molecule has 0 aromatic rings. The van der Waals surface area contributed by atoms with Gasteiger partial charge in [0.15, 0.2) is 0 Å². The van der Waals surface area contributed by atoms with Crippen LogP contribution in [0.1, 0.15) is 33.1 Å². The number of hydrogen-bond acceptors (Lipinski definition) is 2. The van der Waals surface area contributed by atoms with Crippen LogP contribution in [-0.2, 0) is 9.53 Å². The standard InChI is InChI=1S/C11H19NO2/c1-3-11(2)9(12-10(11)13)8-5-4-6-14-7-8/h8-9H,3-7H2,1-2H3,(H,12,13). The molecule has 0 saturated carbocycles. The van der Waals surface area contributed by atoms with E-state index in [0.717, 1.165) is 26.1 Å². The van der Waals surface area contributed by atoms with Crippen molar-refractivity contribution in [1.82, 2.24) is 5.32 Å². The van der Waals surface area contributed by atoms with Gasteiger partial charge in [0.25, 0.3) is 0 Å². The van der Waals surface area contributed by atoms with E-state index in [1.54, 1.807) is 0 Å². The van der Waals surface area contributed by atoms with Gasteiger partial charge in [0.1, 0.15) is 0 Å². The monoisotopic (exact) mass is 197 g/mol. The van der Waals surface area contributed by atoms with Gasteiger partial charge in [0.2, 0.25) is 5.91 Å². The predicted molar refractivity (Wildman–Crippen MR) is 53.9 cm³/mol. The molecule has 2 aliphatic heterocycles. The summed E-state index contributed by atoms with van der Waals surface area (Å²) in [5.74, 6) is 0.752. The summed E-state index contributed by atoms with van der Waals surface area (Å²) in [5, 5.41) is 3.04. The number of rotatable bonds is 2. The average Bonchev–Trinajstić information content (AvgIpc) is 2.25. The first kappa shape index (κ1) is 9.97. The van der Waals surface area contributed by atoms with Crippen LogP contribution in [0, 0.1) is 11.3 Å². The summed E-state index contributed by atoms with van der Waals surface area (Å²) in [6.45, 7) is 5.88. The fraction of sp³-hybridized carbons (Fsp3) is 0.909. The zero-order valence-corrected chi connectivity index (χ0v) is 9.01.